The minimum Gasteiger partial charge on any atom is -0.289 e. The van der Waals surface area contributed by atoms with Crippen molar-refractivity contribution in [1.29, 1.82) is 0 Å². The number of benzene rings is 1. The van der Waals surface area contributed by atoms with Crippen LogP contribution in [0, 0.1) is 5.92 Å². The Bertz CT molecular complexity index is 675. The Morgan fingerprint density at radius 1 is 1.10 bits per heavy atom. The van der Waals surface area contributed by atoms with Crippen LogP contribution >= 0.6 is 0 Å². The number of carbonyl (C=O) groups excluding carboxylic acids is 1. The highest BCUT2D eigenvalue weighted by molar-refractivity contribution is 6.19. The second kappa shape index (κ2) is 4.18. The molecule has 0 aromatic heterocycles. The van der Waals surface area contributed by atoms with Crippen LogP contribution in [0.15, 0.2) is 29.9 Å². The molecule has 0 saturated carbocycles. The summed E-state index contributed by atoms with van der Waals surface area (Å²) in [6, 6.07) is 4.47. The van der Waals surface area contributed by atoms with Gasteiger partial charge in [-0.25, -0.2) is 0 Å². The van der Waals surface area contributed by atoms with Gasteiger partial charge in [-0.1, -0.05) is 25.6 Å². The smallest absolute Gasteiger partial charge is 0.193 e. The van der Waals surface area contributed by atoms with E-state index in [1.165, 1.54) is 40.7 Å². The van der Waals surface area contributed by atoms with Crippen LogP contribution in [-0.4, -0.2) is 5.78 Å². The monoisotopic (exact) mass is 264 g/mol. The lowest BCUT2D eigenvalue weighted by Crippen LogP contribution is -2.18. The number of hydrogen-bond donors (Lipinski definition) is 0. The first-order chi connectivity index (χ1) is 9.66. The van der Waals surface area contributed by atoms with Crippen molar-refractivity contribution in [3.63, 3.8) is 0 Å². The molecule has 0 amide bonds. The molecule has 0 aliphatic heterocycles. The molecular formula is C19H20O. The lowest BCUT2D eigenvalue weighted by molar-refractivity contribution is 0.103. The molecule has 0 N–H and O–H groups in total. The summed E-state index contributed by atoms with van der Waals surface area (Å²) in [6.45, 7) is 6.38. The Balaban J connectivity index is 1.98. The van der Waals surface area contributed by atoms with Gasteiger partial charge in [0.2, 0.25) is 0 Å². The topological polar surface area (TPSA) is 17.1 Å². The van der Waals surface area contributed by atoms with Gasteiger partial charge in [0.05, 0.1) is 0 Å². The maximum absolute atomic E-state index is 12.8. The zero-order valence-electron chi connectivity index (χ0n) is 12.1. The summed E-state index contributed by atoms with van der Waals surface area (Å²) in [5, 5.41) is 0. The highest BCUT2D eigenvalue weighted by atomic mass is 16.1. The average molecular weight is 264 g/mol. The fourth-order valence-corrected chi connectivity index (χ4v) is 4.22. The molecule has 20 heavy (non-hydrogen) atoms. The minimum atomic E-state index is 0.201. The Morgan fingerprint density at radius 2 is 1.85 bits per heavy atom. The van der Waals surface area contributed by atoms with Gasteiger partial charge in [0, 0.05) is 11.1 Å². The first-order valence-electron chi connectivity index (χ1n) is 7.78. The molecule has 3 aliphatic carbocycles. The van der Waals surface area contributed by atoms with E-state index in [9.17, 15) is 4.79 Å². The lowest BCUT2D eigenvalue weighted by Gasteiger charge is -2.26. The molecular weight excluding hydrogens is 244 g/mol. The average Bonchev–Trinajstić information content (AvgIpc) is 2.86. The van der Waals surface area contributed by atoms with Gasteiger partial charge in [0.1, 0.15) is 0 Å². The summed E-state index contributed by atoms with van der Waals surface area (Å²) in [5.41, 5.74) is 8.37. The van der Waals surface area contributed by atoms with Gasteiger partial charge in [-0.2, -0.15) is 0 Å². The summed E-state index contributed by atoms with van der Waals surface area (Å²) in [5.74, 6) is 0.845. The Morgan fingerprint density at radius 3 is 2.70 bits per heavy atom. The molecule has 0 spiro atoms. The van der Waals surface area contributed by atoms with Crippen LogP contribution < -0.4 is 0 Å². The molecule has 0 bridgehead atoms. The fraction of sp³-hybridized carbons (Fsp3) is 0.421. The number of allylic oxidation sites excluding steroid dienone is 3. The fourth-order valence-electron chi connectivity index (χ4n) is 4.22. The number of hydrogen-bond acceptors (Lipinski definition) is 1. The van der Waals surface area contributed by atoms with Crippen LogP contribution in [-0.2, 0) is 12.8 Å². The van der Waals surface area contributed by atoms with Gasteiger partial charge < -0.3 is 0 Å². The van der Waals surface area contributed by atoms with E-state index in [1.807, 2.05) is 0 Å². The van der Waals surface area contributed by atoms with E-state index in [0.29, 0.717) is 5.92 Å². The van der Waals surface area contributed by atoms with Gasteiger partial charge in [-0.3, -0.25) is 4.79 Å². The third kappa shape index (κ3) is 1.52. The maximum Gasteiger partial charge on any atom is 0.193 e. The highest BCUT2D eigenvalue weighted by Crippen LogP contribution is 2.47. The van der Waals surface area contributed by atoms with Crippen LogP contribution in [0.3, 0.4) is 0 Å². The van der Waals surface area contributed by atoms with E-state index in [0.717, 1.165) is 36.8 Å². The zero-order chi connectivity index (χ0) is 13.9. The van der Waals surface area contributed by atoms with Gasteiger partial charge in [-0.15, -0.1) is 0 Å². The predicted molar refractivity (Wildman–Crippen MR) is 81.9 cm³/mol. The van der Waals surface area contributed by atoms with Crippen LogP contribution in [0.5, 0.6) is 0 Å². The van der Waals surface area contributed by atoms with E-state index in [4.69, 9.17) is 0 Å². The van der Waals surface area contributed by atoms with Crippen LogP contribution in [0.1, 0.15) is 59.7 Å². The molecule has 4 rings (SSSR count). The van der Waals surface area contributed by atoms with E-state index in [-0.39, 0.29) is 5.78 Å². The number of ketones is 1. The SMILES string of the molecule is C=C1C(=O)c2c(ccc3c2CCCC3)C2=C1CC(C)C2. The molecule has 0 saturated heterocycles. The largest absolute Gasteiger partial charge is 0.289 e. The standard InChI is InChI=1S/C19H20O/c1-11-9-16-12(2)19(20)18-14-6-4-3-5-13(14)7-8-15(18)17(16)10-11/h7-8,11H,2-6,9-10H2,1H3. The van der Waals surface area contributed by atoms with Crippen molar-refractivity contribution in [3.8, 4) is 0 Å². The van der Waals surface area contributed by atoms with Crippen molar-refractivity contribution < 1.29 is 4.79 Å². The van der Waals surface area contributed by atoms with E-state index in [1.54, 1.807) is 0 Å². The summed E-state index contributed by atoms with van der Waals surface area (Å²) in [4.78, 5) is 12.8. The number of aryl methyl sites for hydroxylation is 1. The maximum atomic E-state index is 12.8. The first-order valence-corrected chi connectivity index (χ1v) is 7.78. The van der Waals surface area contributed by atoms with Crippen molar-refractivity contribution in [2.75, 3.05) is 0 Å². The van der Waals surface area contributed by atoms with Crippen LogP contribution in [0.4, 0.5) is 0 Å². The molecule has 1 heteroatoms. The Hall–Kier alpha value is -1.63. The van der Waals surface area contributed by atoms with E-state index >= 15 is 0 Å². The quantitative estimate of drug-likeness (QED) is 0.630. The van der Waals surface area contributed by atoms with Crippen LogP contribution in [0.2, 0.25) is 0 Å². The molecule has 3 aliphatic rings. The van der Waals surface area contributed by atoms with Crippen molar-refractivity contribution in [3.05, 3.63) is 52.1 Å². The van der Waals surface area contributed by atoms with E-state index < -0.39 is 0 Å². The molecule has 102 valence electrons. The van der Waals surface area contributed by atoms with Gasteiger partial charge in [-0.05, 0) is 72.3 Å². The molecule has 1 unspecified atom stereocenters. The van der Waals surface area contributed by atoms with Crippen molar-refractivity contribution in [2.45, 2.75) is 45.4 Å². The summed E-state index contributed by atoms with van der Waals surface area (Å²) < 4.78 is 0. The van der Waals surface area contributed by atoms with Crippen molar-refractivity contribution >= 4 is 11.4 Å². The van der Waals surface area contributed by atoms with Gasteiger partial charge in [0.25, 0.3) is 0 Å². The van der Waals surface area contributed by atoms with Gasteiger partial charge >= 0.3 is 0 Å². The van der Waals surface area contributed by atoms with Crippen LogP contribution in [0.25, 0.3) is 5.57 Å². The second-order valence-electron chi connectivity index (χ2n) is 6.61. The van der Waals surface area contributed by atoms with Crippen molar-refractivity contribution in [1.82, 2.24) is 0 Å². The third-order valence-electron chi connectivity index (χ3n) is 5.19. The molecule has 1 atom stereocenters. The Labute approximate surface area is 120 Å². The predicted octanol–water partition coefficient (Wildman–Crippen LogP) is 4.50. The third-order valence-corrected chi connectivity index (χ3v) is 5.19. The molecule has 1 aromatic rings. The lowest BCUT2D eigenvalue weighted by atomic mass is 9.77. The summed E-state index contributed by atoms with van der Waals surface area (Å²) >= 11 is 0. The van der Waals surface area contributed by atoms with Gasteiger partial charge in [0.15, 0.2) is 5.78 Å². The first kappa shape index (κ1) is 12.1. The summed E-state index contributed by atoms with van der Waals surface area (Å²) in [6.07, 6.45) is 6.79. The second-order valence-corrected chi connectivity index (χ2v) is 6.61. The van der Waals surface area contributed by atoms with E-state index in [2.05, 4.69) is 25.6 Å². The zero-order valence-corrected chi connectivity index (χ0v) is 12.1. The minimum absolute atomic E-state index is 0.201. The molecule has 0 heterocycles. The highest BCUT2D eigenvalue weighted by Gasteiger charge is 2.35. The Kier molecular flexibility index (Phi) is 2.54. The molecule has 1 aromatic carbocycles. The molecule has 0 radical (unpaired) electrons. The number of rotatable bonds is 0. The number of fused-ring (bicyclic) bond motifs is 4. The number of carbonyl (C=O) groups is 1. The molecule has 0 fully saturated rings. The normalized spacial score (nSPS) is 24.6. The number of Topliss-reactive ketones (excluding diaryl/α,β-unsaturated/α-hetero) is 1. The molecule has 1 nitrogen and oxygen atoms in total. The van der Waals surface area contributed by atoms with Crippen molar-refractivity contribution in [2.24, 2.45) is 5.92 Å². The summed E-state index contributed by atoms with van der Waals surface area (Å²) in [7, 11) is 0.